The van der Waals surface area contributed by atoms with Gasteiger partial charge in [-0.25, -0.2) is 4.79 Å². The van der Waals surface area contributed by atoms with Crippen LogP contribution in [0.4, 0.5) is 4.79 Å². The number of rotatable bonds is 2. The molecular formula is C25H32N2O2. The SMILES string of the molecule is CC(C)(C)OC(=O)N1Cc2ccccc2C2(CCN(Cc3ccccc3)CC2)C1. The lowest BCUT2D eigenvalue weighted by Gasteiger charge is -2.48. The molecule has 1 saturated heterocycles. The molecule has 154 valence electrons. The third kappa shape index (κ3) is 4.48. The van der Waals surface area contributed by atoms with Crippen LogP contribution in [-0.4, -0.2) is 41.1 Å². The molecule has 1 amide bonds. The molecule has 2 aromatic rings. The van der Waals surface area contributed by atoms with Crippen LogP contribution in [-0.2, 0) is 23.2 Å². The number of ether oxygens (including phenoxy) is 1. The minimum Gasteiger partial charge on any atom is -0.444 e. The lowest BCUT2D eigenvalue weighted by atomic mass is 9.69. The average molecular weight is 393 g/mol. The van der Waals surface area contributed by atoms with Gasteiger partial charge in [-0.2, -0.15) is 0 Å². The molecular weight excluding hydrogens is 360 g/mol. The summed E-state index contributed by atoms with van der Waals surface area (Å²) >= 11 is 0. The second-order valence-corrected chi connectivity index (χ2v) is 9.54. The van der Waals surface area contributed by atoms with Gasteiger partial charge < -0.3 is 9.64 Å². The first-order valence-electron chi connectivity index (χ1n) is 10.7. The predicted molar refractivity (Wildman–Crippen MR) is 116 cm³/mol. The molecule has 4 heteroatoms. The molecule has 2 heterocycles. The van der Waals surface area contributed by atoms with E-state index in [4.69, 9.17) is 4.74 Å². The molecule has 0 bridgehead atoms. The minimum absolute atomic E-state index is 0.0267. The Morgan fingerprint density at radius 2 is 1.66 bits per heavy atom. The van der Waals surface area contributed by atoms with Crippen molar-refractivity contribution in [2.75, 3.05) is 19.6 Å². The van der Waals surface area contributed by atoms with Gasteiger partial charge in [0, 0.05) is 25.0 Å². The van der Waals surface area contributed by atoms with Crippen LogP contribution in [0, 0.1) is 0 Å². The molecule has 0 atom stereocenters. The Hall–Kier alpha value is -2.33. The van der Waals surface area contributed by atoms with Crippen molar-refractivity contribution >= 4 is 6.09 Å². The second-order valence-electron chi connectivity index (χ2n) is 9.54. The van der Waals surface area contributed by atoms with Crippen LogP contribution in [0.3, 0.4) is 0 Å². The van der Waals surface area contributed by atoms with Crippen LogP contribution < -0.4 is 0 Å². The van der Waals surface area contributed by atoms with Gasteiger partial charge in [-0.3, -0.25) is 4.90 Å². The van der Waals surface area contributed by atoms with Gasteiger partial charge in [0.25, 0.3) is 0 Å². The highest BCUT2D eigenvalue weighted by molar-refractivity contribution is 5.69. The number of hydrogen-bond acceptors (Lipinski definition) is 3. The molecule has 0 radical (unpaired) electrons. The molecule has 2 aliphatic rings. The van der Waals surface area contributed by atoms with Gasteiger partial charge >= 0.3 is 6.09 Å². The zero-order chi connectivity index (χ0) is 20.5. The molecule has 2 aliphatic heterocycles. The first-order valence-corrected chi connectivity index (χ1v) is 10.7. The Morgan fingerprint density at radius 1 is 1.00 bits per heavy atom. The molecule has 1 spiro atoms. The van der Waals surface area contributed by atoms with Crippen LogP contribution in [0.15, 0.2) is 54.6 Å². The number of amides is 1. The number of nitrogens with zero attached hydrogens (tertiary/aromatic N) is 2. The summed E-state index contributed by atoms with van der Waals surface area (Å²) in [4.78, 5) is 17.3. The number of piperidine rings is 1. The largest absolute Gasteiger partial charge is 0.444 e. The van der Waals surface area contributed by atoms with Crippen LogP contribution >= 0.6 is 0 Å². The number of benzene rings is 2. The van der Waals surface area contributed by atoms with E-state index in [0.717, 1.165) is 39.0 Å². The van der Waals surface area contributed by atoms with E-state index in [0.29, 0.717) is 6.54 Å². The van der Waals surface area contributed by atoms with E-state index in [-0.39, 0.29) is 11.5 Å². The van der Waals surface area contributed by atoms with E-state index in [9.17, 15) is 4.79 Å². The van der Waals surface area contributed by atoms with Gasteiger partial charge in [-0.1, -0.05) is 54.6 Å². The third-order valence-electron chi connectivity index (χ3n) is 6.16. The van der Waals surface area contributed by atoms with Crippen molar-refractivity contribution in [1.82, 2.24) is 9.80 Å². The molecule has 2 aromatic carbocycles. The molecule has 29 heavy (non-hydrogen) atoms. The summed E-state index contributed by atoms with van der Waals surface area (Å²) in [5.41, 5.74) is 3.61. The fourth-order valence-corrected chi connectivity index (χ4v) is 4.75. The lowest BCUT2D eigenvalue weighted by molar-refractivity contribution is 0.0103. The highest BCUT2D eigenvalue weighted by Crippen LogP contribution is 2.42. The Labute approximate surface area is 174 Å². The summed E-state index contributed by atoms with van der Waals surface area (Å²) in [6, 6.07) is 19.3. The molecule has 0 unspecified atom stereocenters. The van der Waals surface area contributed by atoms with Crippen molar-refractivity contribution < 1.29 is 9.53 Å². The molecule has 1 fully saturated rings. The highest BCUT2D eigenvalue weighted by Gasteiger charge is 2.43. The van der Waals surface area contributed by atoms with E-state index < -0.39 is 5.60 Å². The van der Waals surface area contributed by atoms with Crippen LogP contribution in [0.5, 0.6) is 0 Å². The first-order chi connectivity index (χ1) is 13.8. The van der Waals surface area contributed by atoms with E-state index in [1.54, 1.807) is 0 Å². The summed E-state index contributed by atoms with van der Waals surface area (Å²) in [5.74, 6) is 0. The van der Waals surface area contributed by atoms with Crippen molar-refractivity contribution in [1.29, 1.82) is 0 Å². The monoisotopic (exact) mass is 392 g/mol. The summed E-state index contributed by atoms with van der Waals surface area (Å²) in [7, 11) is 0. The second kappa shape index (κ2) is 7.83. The van der Waals surface area contributed by atoms with Gasteiger partial charge in [0.05, 0.1) is 0 Å². The number of fused-ring (bicyclic) bond motifs is 2. The highest BCUT2D eigenvalue weighted by atomic mass is 16.6. The Morgan fingerprint density at radius 3 is 2.34 bits per heavy atom. The maximum absolute atomic E-state index is 12.8. The van der Waals surface area contributed by atoms with Gasteiger partial charge in [-0.15, -0.1) is 0 Å². The van der Waals surface area contributed by atoms with Crippen LogP contribution in [0.2, 0.25) is 0 Å². The maximum Gasteiger partial charge on any atom is 0.410 e. The minimum atomic E-state index is -0.472. The van der Waals surface area contributed by atoms with Crippen molar-refractivity contribution in [2.24, 2.45) is 0 Å². The van der Waals surface area contributed by atoms with E-state index in [1.165, 1.54) is 16.7 Å². The maximum atomic E-state index is 12.8. The van der Waals surface area contributed by atoms with Crippen molar-refractivity contribution in [3.8, 4) is 0 Å². The summed E-state index contributed by atoms with van der Waals surface area (Å²) in [6.07, 6.45) is 1.94. The summed E-state index contributed by atoms with van der Waals surface area (Å²) in [5, 5.41) is 0. The predicted octanol–water partition coefficient (Wildman–Crippen LogP) is 4.97. The Bertz CT molecular complexity index is 849. The van der Waals surface area contributed by atoms with Crippen molar-refractivity contribution in [2.45, 2.75) is 57.7 Å². The van der Waals surface area contributed by atoms with Gasteiger partial charge in [0.2, 0.25) is 0 Å². The van der Waals surface area contributed by atoms with E-state index >= 15 is 0 Å². The fraction of sp³-hybridized carbons (Fsp3) is 0.480. The fourth-order valence-electron chi connectivity index (χ4n) is 4.75. The smallest absolute Gasteiger partial charge is 0.410 e. The normalized spacial score (nSPS) is 19.1. The standard InChI is InChI=1S/C25H32N2O2/c1-24(2,3)29-23(28)27-18-21-11-7-8-12-22(21)25(19-27)13-15-26(16-14-25)17-20-9-5-4-6-10-20/h4-12H,13-19H2,1-3H3. The zero-order valence-corrected chi connectivity index (χ0v) is 17.9. The molecule has 4 nitrogen and oxygen atoms in total. The molecule has 0 saturated carbocycles. The molecule has 4 rings (SSSR count). The number of hydrogen-bond donors (Lipinski definition) is 0. The van der Waals surface area contributed by atoms with E-state index in [2.05, 4.69) is 59.5 Å². The average Bonchev–Trinajstić information content (AvgIpc) is 2.69. The number of likely N-dealkylation sites (tertiary alicyclic amines) is 1. The van der Waals surface area contributed by atoms with E-state index in [1.807, 2.05) is 25.7 Å². The van der Waals surface area contributed by atoms with Gasteiger partial charge in [0.15, 0.2) is 0 Å². The number of carbonyl (C=O) groups excluding carboxylic acids is 1. The zero-order valence-electron chi connectivity index (χ0n) is 17.9. The Balaban J connectivity index is 1.52. The number of carbonyl (C=O) groups is 1. The molecule has 0 aliphatic carbocycles. The quantitative estimate of drug-likeness (QED) is 0.723. The molecule has 0 N–H and O–H groups in total. The molecule has 0 aromatic heterocycles. The van der Waals surface area contributed by atoms with Crippen LogP contribution in [0.1, 0.15) is 50.3 Å². The lowest BCUT2D eigenvalue weighted by Crippen LogP contribution is -2.53. The Kier molecular flexibility index (Phi) is 5.39. The van der Waals surface area contributed by atoms with Crippen LogP contribution in [0.25, 0.3) is 0 Å². The van der Waals surface area contributed by atoms with Gasteiger partial charge in [0.1, 0.15) is 5.60 Å². The first kappa shape index (κ1) is 20.0. The summed E-state index contributed by atoms with van der Waals surface area (Å²) < 4.78 is 5.70. The third-order valence-corrected chi connectivity index (χ3v) is 6.16. The van der Waals surface area contributed by atoms with Crippen molar-refractivity contribution in [3.05, 3.63) is 71.3 Å². The van der Waals surface area contributed by atoms with Gasteiger partial charge in [-0.05, 0) is 63.4 Å². The topological polar surface area (TPSA) is 32.8 Å². The summed E-state index contributed by atoms with van der Waals surface area (Å²) in [6.45, 7) is 10.3. The van der Waals surface area contributed by atoms with Crippen molar-refractivity contribution in [3.63, 3.8) is 0 Å².